The number of rotatable bonds is 2. The molecule has 1 aromatic carbocycles. The highest BCUT2D eigenvalue weighted by atomic mass is 35.5. The van der Waals surface area contributed by atoms with Crippen LogP contribution >= 0.6 is 11.6 Å². The maximum atomic E-state index is 12.8. The van der Waals surface area contributed by atoms with Gasteiger partial charge in [-0.25, -0.2) is 4.39 Å². The third-order valence-corrected chi connectivity index (χ3v) is 2.19. The highest BCUT2D eigenvalue weighted by Gasteiger charge is 2.39. The van der Waals surface area contributed by atoms with Gasteiger partial charge >= 0.3 is 0 Å². The standard InChI is InChI=1S/C9H8ClFO2/c10-6-1-5(2-7(11)3-6)9-8(4-12)13-9/h1-3,8-9,12H,4H2. The van der Waals surface area contributed by atoms with Gasteiger partial charge in [-0.05, 0) is 23.8 Å². The van der Waals surface area contributed by atoms with E-state index < -0.39 is 0 Å². The Morgan fingerprint density at radius 3 is 2.77 bits per heavy atom. The Kier molecular flexibility index (Phi) is 2.24. The molecule has 2 nitrogen and oxygen atoms in total. The monoisotopic (exact) mass is 202 g/mol. The molecule has 0 bridgehead atoms. The minimum absolute atomic E-state index is 0.0429. The van der Waals surface area contributed by atoms with Crippen LogP contribution in [0.4, 0.5) is 4.39 Å². The molecular formula is C9H8ClFO2. The van der Waals surface area contributed by atoms with Crippen LogP contribution in [-0.4, -0.2) is 17.8 Å². The van der Waals surface area contributed by atoms with E-state index in [-0.39, 0.29) is 24.6 Å². The lowest BCUT2D eigenvalue weighted by Crippen LogP contribution is -1.94. The zero-order chi connectivity index (χ0) is 9.42. The van der Waals surface area contributed by atoms with E-state index in [2.05, 4.69) is 0 Å². The number of aliphatic hydroxyl groups is 1. The van der Waals surface area contributed by atoms with Crippen molar-refractivity contribution in [1.29, 1.82) is 0 Å². The van der Waals surface area contributed by atoms with E-state index in [1.165, 1.54) is 12.1 Å². The maximum Gasteiger partial charge on any atom is 0.125 e. The second kappa shape index (κ2) is 3.25. The Balaban J connectivity index is 2.22. The fraction of sp³-hybridized carbons (Fsp3) is 0.333. The number of benzene rings is 1. The third kappa shape index (κ3) is 1.82. The molecule has 13 heavy (non-hydrogen) atoms. The van der Waals surface area contributed by atoms with Gasteiger partial charge in [0.1, 0.15) is 18.0 Å². The predicted octanol–water partition coefficient (Wildman–Crippen LogP) is 1.91. The van der Waals surface area contributed by atoms with E-state index in [9.17, 15) is 4.39 Å². The van der Waals surface area contributed by atoms with E-state index >= 15 is 0 Å². The zero-order valence-electron chi connectivity index (χ0n) is 6.71. The summed E-state index contributed by atoms with van der Waals surface area (Å²) < 4.78 is 17.9. The Hall–Kier alpha value is -0.640. The minimum Gasteiger partial charge on any atom is -0.394 e. The Morgan fingerprint density at radius 1 is 1.46 bits per heavy atom. The highest BCUT2D eigenvalue weighted by molar-refractivity contribution is 6.30. The van der Waals surface area contributed by atoms with Gasteiger partial charge in [0, 0.05) is 5.02 Å². The predicted molar refractivity (Wildman–Crippen MR) is 46.1 cm³/mol. The molecule has 0 spiro atoms. The van der Waals surface area contributed by atoms with E-state index in [0.29, 0.717) is 10.6 Å². The van der Waals surface area contributed by atoms with E-state index in [0.717, 1.165) is 0 Å². The van der Waals surface area contributed by atoms with Crippen LogP contribution in [0.1, 0.15) is 11.7 Å². The average molecular weight is 203 g/mol. The topological polar surface area (TPSA) is 32.8 Å². The van der Waals surface area contributed by atoms with Crippen molar-refractivity contribution in [3.8, 4) is 0 Å². The molecule has 70 valence electrons. The van der Waals surface area contributed by atoms with Gasteiger partial charge in [-0.1, -0.05) is 11.6 Å². The molecule has 0 aromatic heterocycles. The van der Waals surface area contributed by atoms with Gasteiger partial charge in [0.05, 0.1) is 6.61 Å². The van der Waals surface area contributed by atoms with Crippen LogP contribution in [0.3, 0.4) is 0 Å². The summed E-state index contributed by atoms with van der Waals surface area (Å²) in [4.78, 5) is 0. The zero-order valence-corrected chi connectivity index (χ0v) is 7.46. The van der Waals surface area contributed by atoms with Crippen molar-refractivity contribution in [2.45, 2.75) is 12.2 Å². The van der Waals surface area contributed by atoms with Crippen LogP contribution < -0.4 is 0 Å². The van der Waals surface area contributed by atoms with Gasteiger partial charge < -0.3 is 9.84 Å². The molecule has 0 radical (unpaired) electrons. The molecule has 0 saturated carbocycles. The molecule has 1 aromatic rings. The van der Waals surface area contributed by atoms with Crippen molar-refractivity contribution >= 4 is 11.6 Å². The van der Waals surface area contributed by atoms with Crippen molar-refractivity contribution < 1.29 is 14.2 Å². The first kappa shape index (κ1) is 8.94. The molecule has 1 aliphatic heterocycles. The average Bonchev–Trinajstić information content (AvgIpc) is 2.80. The maximum absolute atomic E-state index is 12.8. The molecular weight excluding hydrogens is 195 g/mol. The second-order valence-corrected chi connectivity index (χ2v) is 3.42. The summed E-state index contributed by atoms with van der Waals surface area (Å²) in [6, 6.07) is 4.25. The molecule has 1 fully saturated rings. The first-order valence-electron chi connectivity index (χ1n) is 3.93. The summed E-state index contributed by atoms with van der Waals surface area (Å²) in [6.45, 7) is -0.0429. The van der Waals surface area contributed by atoms with Crippen LogP contribution in [0.15, 0.2) is 18.2 Å². The number of hydrogen-bond acceptors (Lipinski definition) is 2. The summed E-state index contributed by atoms with van der Waals surface area (Å²) in [7, 11) is 0. The van der Waals surface area contributed by atoms with Crippen LogP contribution in [0, 0.1) is 5.82 Å². The van der Waals surface area contributed by atoms with Gasteiger partial charge in [-0.15, -0.1) is 0 Å². The van der Waals surface area contributed by atoms with Crippen LogP contribution in [0.2, 0.25) is 5.02 Å². The molecule has 4 heteroatoms. The Bertz CT molecular complexity index is 309. The normalized spacial score (nSPS) is 26.1. The molecule has 2 rings (SSSR count). The summed E-state index contributed by atoms with van der Waals surface area (Å²) >= 11 is 5.65. The molecule has 2 atom stereocenters. The van der Waals surface area contributed by atoms with Gasteiger partial charge in [-0.2, -0.15) is 0 Å². The lowest BCUT2D eigenvalue weighted by atomic mass is 10.1. The number of aliphatic hydroxyl groups excluding tert-OH is 1. The van der Waals surface area contributed by atoms with Gasteiger partial charge in [-0.3, -0.25) is 0 Å². The smallest absolute Gasteiger partial charge is 0.125 e. The lowest BCUT2D eigenvalue weighted by molar-refractivity contribution is 0.242. The summed E-state index contributed by atoms with van der Waals surface area (Å²) in [5.41, 5.74) is 0.684. The van der Waals surface area contributed by atoms with Crippen molar-refractivity contribution in [2.24, 2.45) is 0 Å². The van der Waals surface area contributed by atoms with Gasteiger partial charge in [0.25, 0.3) is 0 Å². The first-order valence-corrected chi connectivity index (χ1v) is 4.31. The van der Waals surface area contributed by atoms with Crippen LogP contribution in [0.5, 0.6) is 0 Å². The molecule has 1 heterocycles. The molecule has 0 aliphatic carbocycles. The van der Waals surface area contributed by atoms with Gasteiger partial charge in [0.15, 0.2) is 0 Å². The fourth-order valence-corrected chi connectivity index (χ4v) is 1.54. The largest absolute Gasteiger partial charge is 0.394 e. The SMILES string of the molecule is OCC1OC1c1cc(F)cc(Cl)c1. The summed E-state index contributed by atoms with van der Waals surface area (Å²) in [6.07, 6.45) is -0.393. The quantitative estimate of drug-likeness (QED) is 0.744. The Morgan fingerprint density at radius 2 is 2.23 bits per heavy atom. The summed E-state index contributed by atoms with van der Waals surface area (Å²) in [5.74, 6) is -0.380. The molecule has 1 saturated heterocycles. The van der Waals surface area contributed by atoms with E-state index in [1.54, 1.807) is 6.07 Å². The van der Waals surface area contributed by atoms with Crippen LogP contribution in [-0.2, 0) is 4.74 Å². The molecule has 0 amide bonds. The number of epoxide rings is 1. The lowest BCUT2D eigenvalue weighted by Gasteiger charge is -1.97. The molecule has 2 unspecified atom stereocenters. The minimum atomic E-state index is -0.380. The number of ether oxygens (including phenoxy) is 1. The number of hydrogen-bond donors (Lipinski definition) is 1. The first-order chi connectivity index (χ1) is 6.20. The molecule has 1 aliphatic rings. The van der Waals surface area contributed by atoms with E-state index in [4.69, 9.17) is 21.4 Å². The summed E-state index contributed by atoms with van der Waals surface area (Å²) in [5, 5.41) is 9.07. The third-order valence-electron chi connectivity index (χ3n) is 1.98. The van der Waals surface area contributed by atoms with Crippen molar-refractivity contribution in [2.75, 3.05) is 6.61 Å². The van der Waals surface area contributed by atoms with Crippen molar-refractivity contribution in [3.63, 3.8) is 0 Å². The van der Waals surface area contributed by atoms with E-state index in [1.807, 2.05) is 0 Å². The Labute approximate surface area is 79.9 Å². The molecule has 1 N–H and O–H groups in total. The van der Waals surface area contributed by atoms with Crippen LogP contribution in [0.25, 0.3) is 0 Å². The number of halogens is 2. The van der Waals surface area contributed by atoms with Gasteiger partial charge in [0.2, 0.25) is 0 Å². The van der Waals surface area contributed by atoms with Crippen molar-refractivity contribution in [1.82, 2.24) is 0 Å². The second-order valence-electron chi connectivity index (χ2n) is 2.98. The highest BCUT2D eigenvalue weighted by Crippen LogP contribution is 2.39. The van der Waals surface area contributed by atoms with Crippen molar-refractivity contribution in [3.05, 3.63) is 34.6 Å². The fourth-order valence-electron chi connectivity index (χ4n) is 1.31.